The van der Waals surface area contributed by atoms with Crippen molar-refractivity contribution in [3.8, 4) is 0 Å². The highest BCUT2D eigenvalue weighted by atomic mass is 16.5. The Morgan fingerprint density at radius 2 is 2.00 bits per heavy atom. The number of hydrogen-bond acceptors (Lipinski definition) is 7. The highest BCUT2D eigenvalue weighted by Crippen LogP contribution is 2.27. The Labute approximate surface area is 194 Å². The standard InChI is InChI=1S/C24H35N3O6/c1-2-33-24(31)20(16-32-14-11-17-9-12-25-13-10-17)26-19-8-7-18-5-3-4-6-21(18)27(23(19)30)15-22(28)29/h3-6,17,19-20,25-26H,2,7-16H2,1H3,(H,28,29)/t19-,20-/m0/s1. The molecule has 2 atom stereocenters. The third kappa shape index (κ3) is 7.25. The zero-order valence-corrected chi connectivity index (χ0v) is 19.3. The van der Waals surface area contributed by atoms with Crippen molar-refractivity contribution in [3.63, 3.8) is 0 Å². The number of carbonyl (C=O) groups excluding carboxylic acids is 2. The lowest BCUT2D eigenvalue weighted by Gasteiger charge is -2.27. The van der Waals surface area contributed by atoms with E-state index in [2.05, 4.69) is 10.6 Å². The van der Waals surface area contributed by atoms with Gasteiger partial charge >= 0.3 is 11.9 Å². The van der Waals surface area contributed by atoms with Gasteiger partial charge in [0.2, 0.25) is 5.91 Å². The van der Waals surface area contributed by atoms with Gasteiger partial charge in [-0.05, 0) is 69.7 Å². The van der Waals surface area contributed by atoms with E-state index in [0.29, 0.717) is 31.1 Å². The van der Waals surface area contributed by atoms with Crippen LogP contribution in [0.2, 0.25) is 0 Å². The molecular weight excluding hydrogens is 426 g/mol. The van der Waals surface area contributed by atoms with Crippen LogP contribution in [0.25, 0.3) is 0 Å². The molecule has 2 heterocycles. The average molecular weight is 462 g/mol. The summed E-state index contributed by atoms with van der Waals surface area (Å²) in [6.45, 7) is 4.20. The predicted molar refractivity (Wildman–Crippen MR) is 123 cm³/mol. The van der Waals surface area contributed by atoms with Gasteiger partial charge in [0.25, 0.3) is 0 Å². The number of carboxylic acids is 1. The number of anilines is 1. The van der Waals surface area contributed by atoms with Gasteiger partial charge in [-0.25, -0.2) is 0 Å². The zero-order chi connectivity index (χ0) is 23.6. The van der Waals surface area contributed by atoms with Crippen LogP contribution in [0.1, 0.15) is 38.2 Å². The van der Waals surface area contributed by atoms with Crippen LogP contribution in [0.3, 0.4) is 0 Å². The van der Waals surface area contributed by atoms with Crippen LogP contribution in [-0.2, 0) is 30.3 Å². The molecule has 1 aromatic rings. The van der Waals surface area contributed by atoms with Crippen molar-refractivity contribution in [1.29, 1.82) is 0 Å². The number of esters is 1. The smallest absolute Gasteiger partial charge is 0.325 e. The lowest BCUT2D eigenvalue weighted by molar-refractivity contribution is -0.148. The second-order valence-electron chi connectivity index (χ2n) is 8.57. The largest absolute Gasteiger partial charge is 0.480 e. The van der Waals surface area contributed by atoms with Gasteiger partial charge in [0.05, 0.1) is 19.3 Å². The first kappa shape index (κ1) is 25.1. The summed E-state index contributed by atoms with van der Waals surface area (Å²) in [4.78, 5) is 38.6. The van der Waals surface area contributed by atoms with Crippen LogP contribution in [0.5, 0.6) is 0 Å². The quantitative estimate of drug-likeness (QED) is 0.334. The Kier molecular flexibility index (Phi) is 9.65. The van der Waals surface area contributed by atoms with Gasteiger partial charge in [0.1, 0.15) is 12.6 Å². The van der Waals surface area contributed by atoms with Crippen molar-refractivity contribution >= 4 is 23.5 Å². The van der Waals surface area contributed by atoms with Gasteiger partial charge in [-0.2, -0.15) is 0 Å². The summed E-state index contributed by atoms with van der Waals surface area (Å²) in [5.74, 6) is -1.32. The van der Waals surface area contributed by atoms with Gasteiger partial charge in [-0.3, -0.25) is 24.6 Å². The molecule has 1 saturated heterocycles. The first-order valence-corrected chi connectivity index (χ1v) is 11.8. The van der Waals surface area contributed by atoms with E-state index in [0.717, 1.165) is 37.9 Å². The van der Waals surface area contributed by atoms with Gasteiger partial charge in [-0.1, -0.05) is 18.2 Å². The molecule has 9 heteroatoms. The number of aliphatic carboxylic acids is 1. The lowest BCUT2D eigenvalue weighted by Crippen LogP contribution is -2.54. The van der Waals surface area contributed by atoms with Gasteiger partial charge in [0.15, 0.2) is 0 Å². The van der Waals surface area contributed by atoms with Gasteiger partial charge in [-0.15, -0.1) is 0 Å². The number of carbonyl (C=O) groups is 3. The minimum Gasteiger partial charge on any atom is -0.480 e. The number of nitrogens with one attached hydrogen (secondary N) is 2. The van der Waals surface area contributed by atoms with Crippen LogP contribution >= 0.6 is 0 Å². The number of fused-ring (bicyclic) bond motifs is 1. The third-order valence-electron chi connectivity index (χ3n) is 6.23. The molecule has 1 amide bonds. The molecule has 1 fully saturated rings. The number of piperidine rings is 1. The monoisotopic (exact) mass is 461 g/mol. The molecule has 0 bridgehead atoms. The summed E-state index contributed by atoms with van der Waals surface area (Å²) in [5.41, 5.74) is 1.50. The van der Waals surface area contributed by atoms with Crippen molar-refractivity contribution in [2.24, 2.45) is 5.92 Å². The van der Waals surface area contributed by atoms with Crippen LogP contribution < -0.4 is 15.5 Å². The van der Waals surface area contributed by atoms with Gasteiger partial charge < -0.3 is 19.9 Å². The first-order valence-electron chi connectivity index (χ1n) is 11.8. The van der Waals surface area contributed by atoms with Crippen molar-refractivity contribution in [2.45, 2.75) is 51.1 Å². The maximum Gasteiger partial charge on any atom is 0.325 e. The molecule has 0 unspecified atom stereocenters. The zero-order valence-electron chi connectivity index (χ0n) is 19.3. The maximum atomic E-state index is 13.3. The normalized spacial score (nSPS) is 20.1. The number of para-hydroxylation sites is 1. The Bertz CT molecular complexity index is 811. The van der Waals surface area contributed by atoms with Crippen molar-refractivity contribution < 1.29 is 29.0 Å². The number of ether oxygens (including phenoxy) is 2. The summed E-state index contributed by atoms with van der Waals surface area (Å²) in [5, 5.41) is 15.8. The van der Waals surface area contributed by atoms with E-state index in [4.69, 9.17) is 9.47 Å². The van der Waals surface area contributed by atoms with E-state index in [-0.39, 0.29) is 19.1 Å². The summed E-state index contributed by atoms with van der Waals surface area (Å²) in [6, 6.07) is 5.77. The second kappa shape index (κ2) is 12.7. The topological polar surface area (TPSA) is 117 Å². The van der Waals surface area contributed by atoms with E-state index in [1.165, 1.54) is 4.90 Å². The number of carboxylic acid groups (broad SMARTS) is 1. The molecule has 2 aliphatic heterocycles. The Morgan fingerprint density at radius 1 is 1.24 bits per heavy atom. The Hall–Kier alpha value is -2.49. The van der Waals surface area contributed by atoms with Crippen LogP contribution in [0.15, 0.2) is 24.3 Å². The van der Waals surface area contributed by atoms with Gasteiger partial charge in [0, 0.05) is 12.3 Å². The minimum atomic E-state index is -1.10. The number of amides is 1. The molecule has 1 aromatic carbocycles. The molecule has 182 valence electrons. The molecule has 0 aromatic heterocycles. The molecule has 2 aliphatic rings. The maximum absolute atomic E-state index is 13.3. The fourth-order valence-electron chi connectivity index (χ4n) is 4.46. The van der Waals surface area contributed by atoms with E-state index in [9.17, 15) is 19.5 Å². The van der Waals surface area contributed by atoms with Crippen LogP contribution in [-0.4, -0.2) is 74.5 Å². The molecule has 0 aliphatic carbocycles. The number of nitrogens with zero attached hydrogens (tertiary/aromatic N) is 1. The molecule has 0 spiro atoms. The van der Waals surface area contributed by atoms with Crippen molar-refractivity contribution in [1.82, 2.24) is 10.6 Å². The number of benzene rings is 1. The summed E-state index contributed by atoms with van der Waals surface area (Å²) in [7, 11) is 0. The summed E-state index contributed by atoms with van der Waals surface area (Å²) in [6.07, 6.45) is 4.21. The molecular formula is C24H35N3O6. The average Bonchev–Trinajstić information content (AvgIpc) is 2.93. The van der Waals surface area contributed by atoms with Crippen LogP contribution in [0, 0.1) is 5.92 Å². The Balaban J connectivity index is 1.65. The molecule has 0 radical (unpaired) electrons. The minimum absolute atomic E-state index is 0.0967. The molecule has 33 heavy (non-hydrogen) atoms. The highest BCUT2D eigenvalue weighted by Gasteiger charge is 2.34. The number of rotatable bonds is 11. The fraction of sp³-hybridized carbons (Fsp3) is 0.625. The lowest BCUT2D eigenvalue weighted by atomic mass is 9.95. The van der Waals surface area contributed by atoms with E-state index >= 15 is 0 Å². The van der Waals surface area contributed by atoms with E-state index < -0.39 is 30.6 Å². The molecule has 0 saturated carbocycles. The summed E-state index contributed by atoms with van der Waals surface area (Å²) < 4.78 is 11.0. The Morgan fingerprint density at radius 3 is 2.73 bits per heavy atom. The number of aryl methyl sites for hydroxylation is 1. The van der Waals surface area contributed by atoms with E-state index in [1.807, 2.05) is 12.1 Å². The molecule has 3 rings (SSSR count). The predicted octanol–water partition coefficient (Wildman–Crippen LogP) is 1.35. The first-order chi connectivity index (χ1) is 16.0. The molecule has 3 N–H and O–H groups in total. The fourth-order valence-corrected chi connectivity index (χ4v) is 4.46. The van der Waals surface area contributed by atoms with Crippen LogP contribution in [0.4, 0.5) is 5.69 Å². The SMILES string of the molecule is CCOC(=O)[C@H](COCCC1CCNCC1)N[C@H]1CCc2ccccc2N(CC(=O)O)C1=O. The summed E-state index contributed by atoms with van der Waals surface area (Å²) >= 11 is 0. The third-order valence-corrected chi connectivity index (χ3v) is 6.23. The van der Waals surface area contributed by atoms with Crippen molar-refractivity contribution in [2.75, 3.05) is 44.4 Å². The second-order valence-corrected chi connectivity index (χ2v) is 8.57. The molecule has 9 nitrogen and oxygen atoms in total. The highest BCUT2D eigenvalue weighted by molar-refractivity contribution is 6.02. The number of hydrogen-bond donors (Lipinski definition) is 3. The van der Waals surface area contributed by atoms with E-state index in [1.54, 1.807) is 19.1 Å². The van der Waals surface area contributed by atoms with Crippen molar-refractivity contribution in [3.05, 3.63) is 29.8 Å².